The first-order chi connectivity index (χ1) is 7.99. The number of rotatable bonds is 8. The Morgan fingerprint density at radius 1 is 1.53 bits per heavy atom. The third-order valence-electron chi connectivity index (χ3n) is 2.34. The highest BCUT2D eigenvalue weighted by Crippen LogP contribution is 2.17. The number of carbonyl (C=O) groups is 2. The molecule has 0 aliphatic rings. The molecule has 0 aliphatic heterocycles. The van der Waals surface area contributed by atoms with Gasteiger partial charge in [-0.2, -0.15) is 0 Å². The van der Waals surface area contributed by atoms with Crippen molar-refractivity contribution in [2.75, 3.05) is 12.3 Å². The van der Waals surface area contributed by atoms with Gasteiger partial charge < -0.3 is 10.4 Å². The second kappa shape index (κ2) is 9.24. The molecule has 0 aromatic rings. The third kappa shape index (κ3) is 7.99. The summed E-state index contributed by atoms with van der Waals surface area (Å²) in [4.78, 5) is 22.3. The largest absolute Gasteiger partial charge is 0.392 e. The lowest BCUT2D eigenvalue weighted by Gasteiger charge is -2.16. The first-order valence-corrected chi connectivity index (χ1v) is 6.67. The Balaban J connectivity index is 3.80. The highest BCUT2D eigenvalue weighted by Gasteiger charge is 2.21. The fourth-order valence-corrected chi connectivity index (χ4v) is 2.03. The monoisotopic (exact) mass is 259 g/mol. The number of aliphatic hydroxyl groups is 1. The Hall–Kier alpha value is -0.810. The molecule has 0 fully saturated rings. The summed E-state index contributed by atoms with van der Waals surface area (Å²) in [6.45, 7) is 7.21. The van der Waals surface area contributed by atoms with Crippen LogP contribution in [0.5, 0.6) is 0 Å². The molecule has 0 unspecified atom stereocenters. The van der Waals surface area contributed by atoms with Gasteiger partial charge in [0.1, 0.15) is 0 Å². The van der Waals surface area contributed by atoms with Crippen LogP contribution in [-0.4, -0.2) is 34.5 Å². The second-order valence-electron chi connectivity index (χ2n) is 3.87. The molecule has 0 aliphatic carbocycles. The van der Waals surface area contributed by atoms with Crippen LogP contribution in [-0.2, 0) is 9.59 Å². The van der Waals surface area contributed by atoms with Crippen molar-refractivity contribution >= 4 is 22.8 Å². The maximum atomic E-state index is 11.7. The van der Waals surface area contributed by atoms with Gasteiger partial charge in [-0.15, -0.1) is 6.58 Å². The first kappa shape index (κ1) is 16.2. The van der Waals surface area contributed by atoms with Crippen molar-refractivity contribution in [2.24, 2.45) is 5.92 Å². The molecule has 0 saturated heterocycles. The number of allylic oxidation sites excluding steroid dienone is 1. The van der Waals surface area contributed by atoms with Gasteiger partial charge in [0.15, 0.2) is 5.12 Å². The van der Waals surface area contributed by atoms with Crippen LogP contribution in [0.2, 0.25) is 0 Å². The van der Waals surface area contributed by atoms with Crippen molar-refractivity contribution in [3.05, 3.63) is 12.7 Å². The van der Waals surface area contributed by atoms with E-state index in [0.717, 1.165) is 11.8 Å². The van der Waals surface area contributed by atoms with Gasteiger partial charge in [-0.25, -0.2) is 0 Å². The highest BCUT2D eigenvalue weighted by molar-refractivity contribution is 8.13. The number of aliphatic hydroxyl groups excluding tert-OH is 1. The SMILES string of the molecule is C=CCC[C@@H](O)[C@H](C)C(=O)SCCNC(C)=O. The fourth-order valence-electron chi connectivity index (χ4n) is 1.21. The predicted molar refractivity (Wildman–Crippen MR) is 70.8 cm³/mol. The number of thioether (sulfide) groups is 1. The van der Waals surface area contributed by atoms with Crippen molar-refractivity contribution < 1.29 is 14.7 Å². The van der Waals surface area contributed by atoms with E-state index in [4.69, 9.17) is 0 Å². The second-order valence-corrected chi connectivity index (χ2v) is 4.97. The molecule has 0 aromatic carbocycles. The molecule has 4 nitrogen and oxygen atoms in total. The van der Waals surface area contributed by atoms with Gasteiger partial charge >= 0.3 is 0 Å². The molecule has 98 valence electrons. The first-order valence-electron chi connectivity index (χ1n) is 5.69. The number of hydrogen-bond acceptors (Lipinski definition) is 4. The molecule has 2 atom stereocenters. The Bertz CT molecular complexity index is 268. The van der Waals surface area contributed by atoms with Gasteiger partial charge in [0.05, 0.1) is 12.0 Å². The van der Waals surface area contributed by atoms with E-state index in [1.165, 1.54) is 6.92 Å². The van der Waals surface area contributed by atoms with E-state index >= 15 is 0 Å². The van der Waals surface area contributed by atoms with Crippen LogP contribution >= 0.6 is 11.8 Å². The topological polar surface area (TPSA) is 66.4 Å². The van der Waals surface area contributed by atoms with E-state index in [-0.39, 0.29) is 16.9 Å². The average molecular weight is 259 g/mol. The minimum atomic E-state index is -0.617. The average Bonchev–Trinajstić information content (AvgIpc) is 2.30. The van der Waals surface area contributed by atoms with Crippen molar-refractivity contribution in [2.45, 2.75) is 32.8 Å². The van der Waals surface area contributed by atoms with Crippen LogP contribution in [0.25, 0.3) is 0 Å². The quantitative estimate of drug-likeness (QED) is 0.510. The van der Waals surface area contributed by atoms with Gasteiger partial charge in [0.25, 0.3) is 0 Å². The number of carbonyl (C=O) groups excluding carboxylic acids is 2. The third-order valence-corrected chi connectivity index (χ3v) is 3.40. The van der Waals surface area contributed by atoms with Crippen LogP contribution in [0.15, 0.2) is 12.7 Å². The summed E-state index contributed by atoms with van der Waals surface area (Å²) in [5.41, 5.74) is 0. The smallest absolute Gasteiger partial charge is 0.216 e. The molecular weight excluding hydrogens is 238 g/mol. The summed E-state index contributed by atoms with van der Waals surface area (Å²) in [7, 11) is 0. The van der Waals surface area contributed by atoms with Crippen LogP contribution in [0.1, 0.15) is 26.7 Å². The maximum Gasteiger partial charge on any atom is 0.216 e. The lowest BCUT2D eigenvalue weighted by molar-refractivity contribution is -0.119. The molecule has 5 heteroatoms. The Kier molecular flexibility index (Phi) is 8.80. The summed E-state index contributed by atoms with van der Waals surface area (Å²) in [6.07, 6.45) is 2.37. The lowest BCUT2D eigenvalue weighted by atomic mass is 10.0. The molecule has 0 heterocycles. The van der Waals surface area contributed by atoms with Gasteiger partial charge in [0.2, 0.25) is 5.91 Å². The summed E-state index contributed by atoms with van der Waals surface area (Å²) in [5.74, 6) is 0.0612. The Labute approximate surface area is 107 Å². The molecular formula is C12H21NO3S. The van der Waals surface area contributed by atoms with Crippen LogP contribution in [0.3, 0.4) is 0 Å². The van der Waals surface area contributed by atoms with Crippen LogP contribution in [0, 0.1) is 5.92 Å². The van der Waals surface area contributed by atoms with Crippen molar-refractivity contribution in [3.63, 3.8) is 0 Å². The Morgan fingerprint density at radius 2 is 2.18 bits per heavy atom. The van der Waals surface area contributed by atoms with E-state index in [1.807, 2.05) is 0 Å². The predicted octanol–water partition coefficient (Wildman–Crippen LogP) is 1.35. The summed E-state index contributed by atoms with van der Waals surface area (Å²) in [5, 5.41) is 12.3. The molecule has 2 N–H and O–H groups in total. The summed E-state index contributed by atoms with van der Waals surface area (Å²) < 4.78 is 0. The van der Waals surface area contributed by atoms with Crippen molar-refractivity contribution in [1.29, 1.82) is 0 Å². The highest BCUT2D eigenvalue weighted by atomic mass is 32.2. The summed E-state index contributed by atoms with van der Waals surface area (Å²) >= 11 is 1.15. The van der Waals surface area contributed by atoms with E-state index < -0.39 is 6.10 Å². The van der Waals surface area contributed by atoms with E-state index in [9.17, 15) is 14.7 Å². The number of amides is 1. The van der Waals surface area contributed by atoms with Crippen LogP contribution < -0.4 is 5.32 Å². The molecule has 0 bridgehead atoms. The zero-order chi connectivity index (χ0) is 13.3. The minimum Gasteiger partial charge on any atom is -0.392 e. The molecule has 0 aromatic heterocycles. The standard InChI is InChI=1S/C12H21NO3S/c1-4-5-6-11(15)9(2)12(16)17-8-7-13-10(3)14/h4,9,11,15H,1,5-8H2,2-3H3,(H,13,14)/t9-,11+/m0/s1. The normalized spacial score (nSPS) is 13.8. The van der Waals surface area contributed by atoms with Crippen molar-refractivity contribution in [1.82, 2.24) is 5.32 Å². The minimum absolute atomic E-state index is 0.0353. The zero-order valence-corrected chi connectivity index (χ0v) is 11.3. The number of hydrogen-bond donors (Lipinski definition) is 2. The number of nitrogens with one attached hydrogen (secondary N) is 1. The van der Waals surface area contributed by atoms with E-state index in [2.05, 4.69) is 11.9 Å². The van der Waals surface area contributed by atoms with Crippen LogP contribution in [0.4, 0.5) is 0 Å². The van der Waals surface area contributed by atoms with Gasteiger partial charge in [0, 0.05) is 19.2 Å². The van der Waals surface area contributed by atoms with E-state index in [1.54, 1.807) is 13.0 Å². The molecule has 0 radical (unpaired) electrons. The molecule has 1 amide bonds. The van der Waals surface area contributed by atoms with E-state index in [0.29, 0.717) is 25.1 Å². The van der Waals surface area contributed by atoms with Gasteiger partial charge in [-0.3, -0.25) is 9.59 Å². The Morgan fingerprint density at radius 3 is 2.71 bits per heavy atom. The summed E-state index contributed by atoms with van der Waals surface area (Å²) in [6, 6.07) is 0. The zero-order valence-electron chi connectivity index (χ0n) is 10.4. The molecule has 0 saturated carbocycles. The molecule has 0 spiro atoms. The maximum absolute atomic E-state index is 11.7. The molecule has 17 heavy (non-hydrogen) atoms. The van der Waals surface area contributed by atoms with Crippen molar-refractivity contribution in [3.8, 4) is 0 Å². The van der Waals surface area contributed by atoms with Gasteiger partial charge in [-0.05, 0) is 12.8 Å². The fraction of sp³-hybridized carbons (Fsp3) is 0.667. The van der Waals surface area contributed by atoms with Gasteiger partial charge in [-0.1, -0.05) is 24.8 Å². The molecule has 0 rings (SSSR count). The lowest BCUT2D eigenvalue weighted by Crippen LogP contribution is -2.26.